The SMILES string of the molecule is CC(C)[S+](C)CC(=O)c1ccccc1.F[B-](F)(F)F. The van der Waals surface area contributed by atoms with E-state index in [0.29, 0.717) is 11.0 Å². The first-order valence-corrected chi connectivity index (χ1v) is 7.54. The number of halogens is 4. The molecule has 1 atom stereocenters. The molecule has 0 fully saturated rings. The Morgan fingerprint density at radius 2 is 1.58 bits per heavy atom. The van der Waals surface area contributed by atoms with E-state index in [-0.39, 0.29) is 16.7 Å². The van der Waals surface area contributed by atoms with Crippen molar-refractivity contribution in [2.45, 2.75) is 19.1 Å². The van der Waals surface area contributed by atoms with Gasteiger partial charge in [-0.25, -0.2) is 0 Å². The molecule has 0 radical (unpaired) electrons. The van der Waals surface area contributed by atoms with Crippen molar-refractivity contribution in [3.63, 3.8) is 0 Å². The van der Waals surface area contributed by atoms with E-state index in [0.717, 1.165) is 5.56 Å². The maximum Gasteiger partial charge on any atom is 0.673 e. The van der Waals surface area contributed by atoms with Crippen LogP contribution in [0.15, 0.2) is 30.3 Å². The molecule has 1 aromatic rings. The van der Waals surface area contributed by atoms with Gasteiger partial charge in [0, 0.05) is 5.56 Å². The Bertz CT molecular complexity index is 375. The summed E-state index contributed by atoms with van der Waals surface area (Å²) in [5.74, 6) is 0.951. The fourth-order valence-electron chi connectivity index (χ4n) is 1.08. The maximum absolute atomic E-state index is 11.8. The van der Waals surface area contributed by atoms with Crippen LogP contribution in [-0.2, 0) is 10.9 Å². The number of hydrogen-bond donors (Lipinski definition) is 0. The number of hydrogen-bond acceptors (Lipinski definition) is 1. The molecule has 0 saturated carbocycles. The van der Waals surface area contributed by atoms with Gasteiger partial charge in [0.2, 0.25) is 5.78 Å². The van der Waals surface area contributed by atoms with Crippen molar-refractivity contribution in [2.24, 2.45) is 0 Å². The molecule has 0 aliphatic heterocycles. The molecule has 0 aliphatic carbocycles. The fraction of sp³-hybridized carbons (Fsp3) is 0.417. The molecule has 1 aromatic carbocycles. The van der Waals surface area contributed by atoms with Gasteiger partial charge in [0.15, 0.2) is 5.75 Å². The van der Waals surface area contributed by atoms with Crippen LogP contribution < -0.4 is 0 Å². The zero-order valence-electron chi connectivity index (χ0n) is 11.1. The second-order valence-electron chi connectivity index (χ2n) is 4.17. The number of benzene rings is 1. The molecule has 1 rings (SSSR count). The van der Waals surface area contributed by atoms with Crippen LogP contribution in [0.4, 0.5) is 17.3 Å². The lowest BCUT2D eigenvalue weighted by atomic mass is 10.2. The third-order valence-electron chi connectivity index (χ3n) is 2.26. The first kappa shape index (κ1) is 18.0. The highest BCUT2D eigenvalue weighted by molar-refractivity contribution is 7.97. The lowest BCUT2D eigenvalue weighted by molar-refractivity contribution is 0.102. The van der Waals surface area contributed by atoms with Gasteiger partial charge in [-0.1, -0.05) is 30.3 Å². The van der Waals surface area contributed by atoms with E-state index in [1.165, 1.54) is 0 Å². The van der Waals surface area contributed by atoms with E-state index in [4.69, 9.17) is 0 Å². The summed E-state index contributed by atoms with van der Waals surface area (Å²) < 4.78 is 39.0. The molecule has 0 saturated heterocycles. The number of carbonyl (C=O) groups excluding carboxylic acids is 1. The molecule has 1 unspecified atom stereocenters. The molecule has 0 amide bonds. The predicted molar refractivity (Wildman–Crippen MR) is 74.3 cm³/mol. The monoisotopic (exact) mass is 296 g/mol. The van der Waals surface area contributed by atoms with Crippen LogP contribution in [0.3, 0.4) is 0 Å². The summed E-state index contributed by atoms with van der Waals surface area (Å²) in [7, 11) is -5.80. The topological polar surface area (TPSA) is 17.1 Å². The van der Waals surface area contributed by atoms with Gasteiger partial charge in [-0.15, -0.1) is 0 Å². The lowest BCUT2D eigenvalue weighted by Gasteiger charge is -2.05. The number of carbonyl (C=O) groups is 1. The predicted octanol–water partition coefficient (Wildman–Crippen LogP) is 3.83. The molecule has 0 spiro atoms. The molecule has 0 heterocycles. The van der Waals surface area contributed by atoms with Crippen molar-refractivity contribution >= 4 is 23.9 Å². The van der Waals surface area contributed by atoms with E-state index >= 15 is 0 Å². The lowest BCUT2D eigenvalue weighted by Crippen LogP contribution is -2.22. The Balaban J connectivity index is 0.000000555. The van der Waals surface area contributed by atoms with Crippen molar-refractivity contribution in [2.75, 3.05) is 12.0 Å². The van der Waals surface area contributed by atoms with Crippen molar-refractivity contribution in [1.29, 1.82) is 0 Å². The van der Waals surface area contributed by atoms with Gasteiger partial charge >= 0.3 is 7.25 Å². The highest BCUT2D eigenvalue weighted by atomic mass is 32.2. The zero-order valence-corrected chi connectivity index (χ0v) is 11.9. The number of rotatable bonds is 4. The smallest absolute Gasteiger partial charge is 0.418 e. The first-order valence-electron chi connectivity index (χ1n) is 5.68. The second kappa shape index (κ2) is 8.25. The molecule has 19 heavy (non-hydrogen) atoms. The third kappa shape index (κ3) is 10.6. The standard InChI is InChI=1S/C12H17OS.BF4/c1-10(2)14(3)9-12(13)11-7-5-4-6-8-11;2-1(3,4)5/h4-8,10H,9H2,1-3H3;/q+1;-1. The van der Waals surface area contributed by atoms with E-state index in [1.54, 1.807) is 0 Å². The largest absolute Gasteiger partial charge is 0.673 e. The number of ketones is 1. The molecule has 0 aliphatic rings. The van der Waals surface area contributed by atoms with Crippen molar-refractivity contribution in [3.05, 3.63) is 35.9 Å². The van der Waals surface area contributed by atoms with Crippen LogP contribution >= 0.6 is 0 Å². The van der Waals surface area contributed by atoms with Crippen LogP contribution in [0.2, 0.25) is 0 Å². The summed E-state index contributed by atoms with van der Waals surface area (Å²) >= 11 is 0. The van der Waals surface area contributed by atoms with Gasteiger partial charge in [-0.3, -0.25) is 4.79 Å². The Hall–Kier alpha value is -0.975. The second-order valence-corrected chi connectivity index (χ2v) is 6.78. The minimum atomic E-state index is -6.00. The number of Topliss-reactive ketones (excluding diaryl/α,β-unsaturated/α-hetero) is 1. The summed E-state index contributed by atoms with van der Waals surface area (Å²) in [4.78, 5) is 11.8. The molecule has 108 valence electrons. The fourth-order valence-corrected chi connectivity index (χ4v) is 1.99. The maximum atomic E-state index is 11.8. The van der Waals surface area contributed by atoms with E-state index in [1.807, 2.05) is 30.3 Å². The van der Waals surface area contributed by atoms with E-state index < -0.39 is 7.25 Å². The van der Waals surface area contributed by atoms with Crippen LogP contribution in [0.1, 0.15) is 24.2 Å². The molecule has 0 aromatic heterocycles. The van der Waals surface area contributed by atoms with Gasteiger partial charge in [-0.05, 0) is 24.7 Å². The van der Waals surface area contributed by atoms with Crippen LogP contribution in [0.5, 0.6) is 0 Å². The van der Waals surface area contributed by atoms with Crippen molar-refractivity contribution < 1.29 is 22.1 Å². The van der Waals surface area contributed by atoms with Crippen LogP contribution in [0.25, 0.3) is 0 Å². The van der Waals surface area contributed by atoms with Gasteiger partial charge in [0.1, 0.15) is 5.25 Å². The van der Waals surface area contributed by atoms with Gasteiger partial charge < -0.3 is 17.3 Å². The molecule has 0 N–H and O–H groups in total. The Morgan fingerprint density at radius 3 is 1.95 bits per heavy atom. The average molecular weight is 296 g/mol. The summed E-state index contributed by atoms with van der Waals surface area (Å²) in [5, 5.41) is 0.600. The Kier molecular flexibility index (Phi) is 7.82. The Morgan fingerprint density at radius 1 is 1.16 bits per heavy atom. The minimum Gasteiger partial charge on any atom is -0.418 e. The van der Waals surface area contributed by atoms with Gasteiger partial charge in [0.25, 0.3) is 0 Å². The van der Waals surface area contributed by atoms with Gasteiger partial charge in [-0.2, -0.15) is 0 Å². The molecular formula is C12H17BF4OS. The minimum absolute atomic E-state index is 0.198. The quantitative estimate of drug-likeness (QED) is 0.357. The summed E-state index contributed by atoms with van der Waals surface area (Å²) in [6, 6.07) is 9.54. The summed E-state index contributed by atoms with van der Waals surface area (Å²) in [5.41, 5.74) is 0.840. The van der Waals surface area contributed by atoms with Crippen molar-refractivity contribution in [3.8, 4) is 0 Å². The highest BCUT2D eigenvalue weighted by Crippen LogP contribution is 2.07. The highest BCUT2D eigenvalue weighted by Gasteiger charge is 2.21. The van der Waals surface area contributed by atoms with Crippen LogP contribution in [-0.4, -0.2) is 30.3 Å². The Labute approximate surface area is 113 Å². The summed E-state index contributed by atoms with van der Waals surface area (Å²) in [6.45, 7) is 4.34. The van der Waals surface area contributed by atoms with Crippen LogP contribution in [0, 0.1) is 0 Å². The molecule has 7 heteroatoms. The average Bonchev–Trinajstić information content (AvgIpc) is 2.27. The molecule has 0 bridgehead atoms. The van der Waals surface area contributed by atoms with E-state index in [2.05, 4.69) is 20.1 Å². The van der Waals surface area contributed by atoms with Crippen molar-refractivity contribution in [1.82, 2.24) is 0 Å². The normalized spacial score (nSPS) is 12.6. The first-order chi connectivity index (χ1) is 8.61. The molecular weight excluding hydrogens is 279 g/mol. The molecule has 1 nitrogen and oxygen atoms in total. The summed E-state index contributed by atoms with van der Waals surface area (Å²) in [6.07, 6.45) is 2.16. The van der Waals surface area contributed by atoms with E-state index in [9.17, 15) is 22.1 Å². The van der Waals surface area contributed by atoms with Gasteiger partial charge in [0.05, 0.1) is 6.26 Å². The zero-order chi connectivity index (χ0) is 15.1. The third-order valence-corrected chi connectivity index (χ3v) is 4.59.